The number of aromatic nitrogens is 1. The van der Waals surface area contributed by atoms with Crippen LogP contribution in [0.2, 0.25) is 0 Å². The Bertz CT molecular complexity index is 901. The third-order valence-electron chi connectivity index (χ3n) is 10.0. The van der Waals surface area contributed by atoms with Crippen LogP contribution in [0.3, 0.4) is 0 Å². The number of nitrogens with zero attached hydrogens (tertiary/aromatic N) is 1. The molecule has 0 bridgehead atoms. The van der Waals surface area contributed by atoms with E-state index in [9.17, 15) is 15.4 Å². The molecule has 0 radical (unpaired) electrons. The highest BCUT2D eigenvalue weighted by molar-refractivity contribution is 5.29. The molecule has 4 aliphatic carbocycles. The van der Waals surface area contributed by atoms with Gasteiger partial charge in [-0.1, -0.05) is 38.1 Å². The van der Waals surface area contributed by atoms with Crippen LogP contribution in [0.4, 0.5) is 0 Å². The lowest BCUT2D eigenvalue weighted by atomic mass is 9.46. The van der Waals surface area contributed by atoms with Crippen molar-refractivity contribution in [2.45, 2.75) is 76.5 Å². The van der Waals surface area contributed by atoms with E-state index in [1.54, 1.807) is 0 Å². The molecule has 0 amide bonds. The number of aliphatic hydroxyl groups excluding tert-OH is 2. The molecule has 4 aliphatic rings. The van der Waals surface area contributed by atoms with Gasteiger partial charge in [0, 0.05) is 17.5 Å². The molecule has 8 atom stereocenters. The Hall–Kier alpha value is -1.69. The van der Waals surface area contributed by atoms with Crippen LogP contribution < -0.4 is 10.0 Å². The van der Waals surface area contributed by atoms with Crippen molar-refractivity contribution in [3.05, 3.63) is 54.5 Å². The summed E-state index contributed by atoms with van der Waals surface area (Å²) < 4.78 is 2.08. The van der Waals surface area contributed by atoms with E-state index < -0.39 is 11.6 Å². The fourth-order valence-corrected chi connectivity index (χ4v) is 8.55. The van der Waals surface area contributed by atoms with Gasteiger partial charge in [-0.25, -0.2) is 0 Å². The predicted molar refractivity (Wildman–Crippen MR) is 118 cm³/mol. The molecule has 0 unspecified atom stereocenters. The van der Waals surface area contributed by atoms with E-state index in [0.717, 1.165) is 38.5 Å². The number of aliphatic hydroxyl groups is 2. The SMILES string of the molecule is C=C(NO)[C@]1([n+]2ccccc2)[C@@H](O)C[C@@H]2[C@H]3CC=C4C[C@@H](O)CC[C@]4(C)[C@H]3CC[C@@]21C. The molecule has 3 fully saturated rings. The number of nitrogens with one attached hydrogen (secondary N) is 1. The molecule has 0 aromatic carbocycles. The molecule has 168 valence electrons. The summed E-state index contributed by atoms with van der Waals surface area (Å²) in [6.45, 7) is 8.92. The lowest BCUT2D eigenvalue weighted by Gasteiger charge is -2.58. The summed E-state index contributed by atoms with van der Waals surface area (Å²) in [5.74, 6) is 1.41. The fourth-order valence-electron chi connectivity index (χ4n) is 8.55. The molecule has 3 saturated carbocycles. The molecule has 5 nitrogen and oxygen atoms in total. The lowest BCUT2D eigenvalue weighted by molar-refractivity contribution is -0.777. The van der Waals surface area contributed by atoms with Crippen molar-refractivity contribution < 1.29 is 20.0 Å². The second kappa shape index (κ2) is 7.16. The van der Waals surface area contributed by atoms with E-state index in [1.165, 1.54) is 5.57 Å². The van der Waals surface area contributed by atoms with Crippen molar-refractivity contribution in [1.29, 1.82) is 0 Å². The molecule has 4 N–H and O–H groups in total. The molecule has 0 aliphatic heterocycles. The smallest absolute Gasteiger partial charge is 0.239 e. The van der Waals surface area contributed by atoms with Gasteiger partial charge in [-0.2, -0.15) is 4.57 Å². The summed E-state index contributed by atoms with van der Waals surface area (Å²) in [6.07, 6.45) is 12.1. The molecule has 31 heavy (non-hydrogen) atoms. The van der Waals surface area contributed by atoms with Crippen LogP contribution in [0.1, 0.15) is 58.8 Å². The van der Waals surface area contributed by atoms with Gasteiger partial charge in [0.1, 0.15) is 11.8 Å². The number of rotatable bonds is 3. The second-order valence-electron chi connectivity index (χ2n) is 11.0. The normalized spacial score (nSPS) is 46.4. The Morgan fingerprint density at radius 3 is 2.55 bits per heavy atom. The largest absolute Gasteiger partial charge is 0.393 e. The minimum absolute atomic E-state index is 0.159. The molecular formula is C26H37N2O3+. The third kappa shape index (κ3) is 2.63. The number of hydrogen-bond acceptors (Lipinski definition) is 4. The summed E-state index contributed by atoms with van der Waals surface area (Å²) >= 11 is 0. The highest BCUT2D eigenvalue weighted by Gasteiger charge is 2.73. The van der Waals surface area contributed by atoms with Crippen LogP contribution >= 0.6 is 0 Å². The van der Waals surface area contributed by atoms with Gasteiger partial charge in [-0.15, -0.1) is 0 Å². The Morgan fingerprint density at radius 2 is 1.84 bits per heavy atom. The molecule has 1 aromatic heterocycles. The standard InChI is InChI=1S/C26H37N2O3/c1-17(27-31)26(28-13-5-4-6-14-28)23(30)16-22-20-8-7-18-15-19(29)9-11-24(18,2)21(20)10-12-25(22,26)3/h4-7,13-14,19-23,27,29-31H,1,8-12,15-16H2,2-3H3/q+1/t19-,20-,21-,22+,23-,24-,25-,26-/m0/s1. The molecule has 5 rings (SSSR count). The minimum Gasteiger partial charge on any atom is -0.393 e. The Morgan fingerprint density at radius 1 is 1.10 bits per heavy atom. The highest BCUT2D eigenvalue weighted by atomic mass is 16.5. The lowest BCUT2D eigenvalue weighted by Crippen LogP contribution is -2.71. The number of pyridine rings is 1. The van der Waals surface area contributed by atoms with Crippen molar-refractivity contribution in [3.8, 4) is 0 Å². The van der Waals surface area contributed by atoms with Crippen LogP contribution in [0.25, 0.3) is 0 Å². The maximum atomic E-state index is 11.6. The molecule has 0 saturated heterocycles. The van der Waals surface area contributed by atoms with E-state index in [4.69, 9.17) is 0 Å². The first-order valence-corrected chi connectivity index (χ1v) is 11.9. The van der Waals surface area contributed by atoms with Gasteiger partial charge < -0.3 is 10.2 Å². The predicted octanol–water partition coefficient (Wildman–Crippen LogP) is 3.46. The zero-order valence-electron chi connectivity index (χ0n) is 18.8. The van der Waals surface area contributed by atoms with Crippen molar-refractivity contribution in [3.63, 3.8) is 0 Å². The van der Waals surface area contributed by atoms with Gasteiger partial charge in [0.05, 0.1) is 6.10 Å². The quantitative estimate of drug-likeness (QED) is 0.340. The van der Waals surface area contributed by atoms with Crippen molar-refractivity contribution in [1.82, 2.24) is 5.48 Å². The van der Waals surface area contributed by atoms with Gasteiger partial charge in [0.2, 0.25) is 5.54 Å². The average Bonchev–Trinajstić information content (AvgIpc) is 3.01. The fraction of sp³-hybridized carbons (Fsp3) is 0.654. The molecule has 5 heteroatoms. The van der Waals surface area contributed by atoms with Crippen LogP contribution in [0.15, 0.2) is 54.5 Å². The number of hydrogen-bond donors (Lipinski definition) is 4. The van der Waals surface area contributed by atoms with Crippen LogP contribution in [0, 0.1) is 28.6 Å². The summed E-state index contributed by atoms with van der Waals surface area (Å²) in [7, 11) is 0. The van der Waals surface area contributed by atoms with Crippen LogP contribution in [-0.2, 0) is 5.54 Å². The molecular weight excluding hydrogens is 388 g/mol. The van der Waals surface area contributed by atoms with Crippen LogP contribution in [0.5, 0.6) is 0 Å². The van der Waals surface area contributed by atoms with Gasteiger partial charge in [0.25, 0.3) is 0 Å². The maximum Gasteiger partial charge on any atom is 0.239 e. The van der Waals surface area contributed by atoms with E-state index in [0.29, 0.717) is 29.9 Å². The van der Waals surface area contributed by atoms with Crippen molar-refractivity contribution in [2.75, 3.05) is 0 Å². The van der Waals surface area contributed by atoms with E-state index in [-0.39, 0.29) is 16.9 Å². The third-order valence-corrected chi connectivity index (χ3v) is 10.0. The molecule has 1 aromatic rings. The van der Waals surface area contributed by atoms with Gasteiger partial charge in [0.15, 0.2) is 12.4 Å². The van der Waals surface area contributed by atoms with Gasteiger partial charge in [-0.3, -0.25) is 10.7 Å². The average molecular weight is 426 g/mol. The summed E-state index contributed by atoms with van der Waals surface area (Å²) in [6, 6.07) is 5.93. The molecule has 1 heterocycles. The van der Waals surface area contributed by atoms with Crippen molar-refractivity contribution in [2.24, 2.45) is 28.6 Å². The highest BCUT2D eigenvalue weighted by Crippen LogP contribution is 2.68. The van der Waals surface area contributed by atoms with Gasteiger partial charge >= 0.3 is 0 Å². The van der Waals surface area contributed by atoms with E-state index >= 15 is 0 Å². The second-order valence-corrected chi connectivity index (χ2v) is 11.0. The van der Waals surface area contributed by atoms with Crippen molar-refractivity contribution >= 4 is 0 Å². The Balaban J connectivity index is 1.60. The summed E-state index contributed by atoms with van der Waals surface area (Å²) in [5, 5.41) is 31.9. The summed E-state index contributed by atoms with van der Waals surface area (Å²) in [4.78, 5) is 0. The number of allylic oxidation sites excluding steroid dienone is 1. The zero-order chi connectivity index (χ0) is 22.0. The Kier molecular flexibility index (Phi) is 4.89. The maximum absolute atomic E-state index is 11.6. The zero-order valence-corrected chi connectivity index (χ0v) is 18.8. The Labute approximate surface area is 185 Å². The summed E-state index contributed by atoms with van der Waals surface area (Å²) in [5.41, 5.74) is 3.40. The first-order chi connectivity index (χ1) is 14.8. The monoisotopic (exact) mass is 425 g/mol. The number of hydroxylamine groups is 1. The first-order valence-electron chi connectivity index (χ1n) is 11.9. The van der Waals surface area contributed by atoms with E-state index in [2.05, 4.69) is 36.5 Å². The minimum atomic E-state index is -0.799. The number of fused-ring (bicyclic) bond motifs is 5. The molecule has 0 spiro atoms. The van der Waals surface area contributed by atoms with E-state index in [1.807, 2.05) is 30.6 Å². The van der Waals surface area contributed by atoms with Crippen LogP contribution in [-0.4, -0.2) is 27.6 Å². The topological polar surface area (TPSA) is 76.6 Å². The first kappa shape index (κ1) is 21.2. The van der Waals surface area contributed by atoms with Gasteiger partial charge in [-0.05, 0) is 68.1 Å².